The molecule has 0 radical (unpaired) electrons. The maximum Gasteiger partial charge on any atom is 0.126 e. The summed E-state index contributed by atoms with van der Waals surface area (Å²) >= 11 is 5.89. The van der Waals surface area contributed by atoms with E-state index in [1.165, 1.54) is 6.07 Å². The third kappa shape index (κ3) is 2.69. The normalized spacial score (nSPS) is 9.86. The average molecular weight is 213 g/mol. The third-order valence-corrected chi connectivity index (χ3v) is 2.20. The molecule has 0 fully saturated rings. The average Bonchev–Trinajstić information content (AvgIpc) is 2.14. The van der Waals surface area contributed by atoms with E-state index in [0.29, 0.717) is 22.7 Å². The quantitative estimate of drug-likeness (QED) is 0.617. The van der Waals surface area contributed by atoms with Gasteiger partial charge >= 0.3 is 0 Å². The second kappa shape index (κ2) is 4.94. The molecule has 1 N–H and O–H groups in total. The van der Waals surface area contributed by atoms with Gasteiger partial charge in [0.25, 0.3) is 0 Å². The summed E-state index contributed by atoms with van der Waals surface area (Å²) in [4.78, 5) is 0. The summed E-state index contributed by atoms with van der Waals surface area (Å²) < 4.78 is 13.1. The predicted molar refractivity (Wildman–Crippen MR) is 53.5 cm³/mol. The summed E-state index contributed by atoms with van der Waals surface area (Å²) in [5.74, 6) is -0.275. The van der Waals surface area contributed by atoms with E-state index in [2.05, 4.69) is 5.32 Å². The van der Waals surface area contributed by atoms with Gasteiger partial charge in [-0.3, -0.25) is 0 Å². The highest BCUT2D eigenvalue weighted by molar-refractivity contribution is 6.31. The molecule has 0 heterocycles. The van der Waals surface area contributed by atoms with Crippen molar-refractivity contribution in [3.05, 3.63) is 34.1 Å². The van der Waals surface area contributed by atoms with Crippen LogP contribution in [0.5, 0.6) is 0 Å². The van der Waals surface area contributed by atoms with Gasteiger partial charge in [-0.25, -0.2) is 4.39 Å². The van der Waals surface area contributed by atoms with E-state index < -0.39 is 0 Å². The smallest absolute Gasteiger partial charge is 0.126 e. The van der Waals surface area contributed by atoms with Gasteiger partial charge in [-0.05, 0) is 30.2 Å². The zero-order chi connectivity index (χ0) is 10.6. The Morgan fingerprint density at radius 3 is 2.93 bits per heavy atom. The Labute approximate surface area is 87.3 Å². The van der Waals surface area contributed by atoms with Gasteiger partial charge in [0.1, 0.15) is 5.82 Å². The van der Waals surface area contributed by atoms with E-state index in [9.17, 15) is 4.39 Å². The molecule has 14 heavy (non-hydrogen) atoms. The number of aryl methyl sites for hydroxylation is 1. The van der Waals surface area contributed by atoms with Crippen molar-refractivity contribution in [2.45, 2.75) is 13.5 Å². The molecule has 74 valence electrons. The van der Waals surface area contributed by atoms with Gasteiger partial charge in [0.05, 0.1) is 12.6 Å². The maximum absolute atomic E-state index is 13.1. The first-order valence-electron chi connectivity index (χ1n) is 4.17. The lowest BCUT2D eigenvalue weighted by molar-refractivity contribution is 0.614. The lowest BCUT2D eigenvalue weighted by Crippen LogP contribution is -2.13. The molecule has 0 amide bonds. The highest BCUT2D eigenvalue weighted by Crippen LogP contribution is 2.20. The van der Waals surface area contributed by atoms with Crippen molar-refractivity contribution in [1.29, 1.82) is 5.26 Å². The molecular weight excluding hydrogens is 203 g/mol. The molecule has 1 aromatic carbocycles. The van der Waals surface area contributed by atoms with Crippen LogP contribution in [0.3, 0.4) is 0 Å². The Morgan fingerprint density at radius 2 is 2.29 bits per heavy atom. The van der Waals surface area contributed by atoms with Gasteiger partial charge in [0, 0.05) is 11.6 Å². The minimum absolute atomic E-state index is 0.228. The van der Waals surface area contributed by atoms with Crippen molar-refractivity contribution in [1.82, 2.24) is 5.32 Å². The number of rotatable bonds is 3. The molecule has 2 nitrogen and oxygen atoms in total. The molecule has 4 heteroatoms. The van der Waals surface area contributed by atoms with E-state index in [1.807, 2.05) is 6.07 Å². The minimum Gasteiger partial charge on any atom is -0.300 e. The van der Waals surface area contributed by atoms with E-state index in [0.717, 1.165) is 0 Å². The third-order valence-electron chi connectivity index (χ3n) is 1.85. The molecule has 0 aliphatic carbocycles. The van der Waals surface area contributed by atoms with Gasteiger partial charge < -0.3 is 5.32 Å². The van der Waals surface area contributed by atoms with Crippen LogP contribution in [0.2, 0.25) is 5.02 Å². The second-order valence-electron chi connectivity index (χ2n) is 2.95. The van der Waals surface area contributed by atoms with Crippen LogP contribution in [0, 0.1) is 24.1 Å². The van der Waals surface area contributed by atoms with Crippen LogP contribution in [0.25, 0.3) is 0 Å². The second-order valence-corrected chi connectivity index (χ2v) is 3.36. The summed E-state index contributed by atoms with van der Waals surface area (Å²) in [7, 11) is 0. The first kappa shape index (κ1) is 11.0. The fourth-order valence-corrected chi connectivity index (χ4v) is 1.36. The largest absolute Gasteiger partial charge is 0.300 e. The molecule has 0 aliphatic rings. The SMILES string of the molecule is Cc1cc(Cl)c(CNCC#N)cc1F. The Kier molecular flexibility index (Phi) is 3.87. The summed E-state index contributed by atoms with van der Waals surface area (Å²) in [6, 6.07) is 4.91. The van der Waals surface area contributed by atoms with Crippen molar-refractivity contribution < 1.29 is 4.39 Å². The van der Waals surface area contributed by atoms with Gasteiger partial charge in [-0.15, -0.1) is 0 Å². The molecule has 0 aliphatic heterocycles. The zero-order valence-electron chi connectivity index (χ0n) is 7.77. The fraction of sp³-hybridized carbons (Fsp3) is 0.300. The van der Waals surface area contributed by atoms with Gasteiger partial charge in [0.15, 0.2) is 0 Å². The molecule has 0 aromatic heterocycles. The standard InChI is InChI=1S/C10H10ClFN2/c1-7-4-9(11)8(5-10(7)12)6-14-3-2-13/h4-5,14H,3,6H2,1H3. The van der Waals surface area contributed by atoms with Crippen molar-refractivity contribution in [3.8, 4) is 6.07 Å². The zero-order valence-corrected chi connectivity index (χ0v) is 8.53. The van der Waals surface area contributed by atoms with Crippen LogP contribution in [-0.2, 0) is 6.54 Å². The minimum atomic E-state index is -0.275. The van der Waals surface area contributed by atoms with Crippen LogP contribution in [0.4, 0.5) is 4.39 Å². The summed E-state index contributed by atoms with van der Waals surface area (Å²) in [5.41, 5.74) is 1.20. The number of nitriles is 1. The van der Waals surface area contributed by atoms with Crippen molar-refractivity contribution in [2.24, 2.45) is 0 Å². The molecule has 1 rings (SSSR count). The van der Waals surface area contributed by atoms with Gasteiger partial charge in [-0.1, -0.05) is 11.6 Å². The summed E-state index contributed by atoms with van der Waals surface area (Å²) in [5, 5.41) is 11.6. The van der Waals surface area contributed by atoms with Crippen LogP contribution in [0.1, 0.15) is 11.1 Å². The lowest BCUT2D eigenvalue weighted by Gasteiger charge is -2.06. The lowest BCUT2D eigenvalue weighted by atomic mass is 10.1. The molecule has 0 atom stereocenters. The van der Waals surface area contributed by atoms with E-state index in [1.54, 1.807) is 13.0 Å². The molecule has 0 unspecified atom stereocenters. The van der Waals surface area contributed by atoms with Gasteiger partial charge in [-0.2, -0.15) is 5.26 Å². The number of nitrogens with zero attached hydrogens (tertiary/aromatic N) is 1. The van der Waals surface area contributed by atoms with Crippen LogP contribution in [0.15, 0.2) is 12.1 Å². The summed E-state index contributed by atoms with van der Waals surface area (Å²) in [6.45, 7) is 2.29. The number of nitrogens with one attached hydrogen (secondary N) is 1. The Bertz CT molecular complexity index is 371. The predicted octanol–water partition coefficient (Wildman–Crippen LogP) is 2.40. The first-order valence-corrected chi connectivity index (χ1v) is 4.55. The molecular formula is C10H10ClFN2. The fourth-order valence-electron chi connectivity index (χ4n) is 1.08. The Morgan fingerprint density at radius 1 is 1.57 bits per heavy atom. The monoisotopic (exact) mass is 212 g/mol. The van der Waals surface area contributed by atoms with E-state index >= 15 is 0 Å². The highest BCUT2D eigenvalue weighted by Gasteiger charge is 2.04. The van der Waals surface area contributed by atoms with Crippen molar-refractivity contribution >= 4 is 11.6 Å². The van der Waals surface area contributed by atoms with Crippen LogP contribution in [-0.4, -0.2) is 6.54 Å². The van der Waals surface area contributed by atoms with E-state index in [-0.39, 0.29) is 12.4 Å². The molecule has 0 saturated carbocycles. The van der Waals surface area contributed by atoms with Crippen molar-refractivity contribution in [2.75, 3.05) is 6.54 Å². The topological polar surface area (TPSA) is 35.8 Å². The molecule has 0 spiro atoms. The summed E-state index contributed by atoms with van der Waals surface area (Å²) in [6.07, 6.45) is 0. The van der Waals surface area contributed by atoms with Crippen LogP contribution >= 0.6 is 11.6 Å². The van der Waals surface area contributed by atoms with E-state index in [4.69, 9.17) is 16.9 Å². The highest BCUT2D eigenvalue weighted by atomic mass is 35.5. The number of hydrogen-bond donors (Lipinski definition) is 1. The first-order chi connectivity index (χ1) is 6.65. The number of halogens is 2. The maximum atomic E-state index is 13.1. The van der Waals surface area contributed by atoms with Crippen LogP contribution < -0.4 is 5.32 Å². The Balaban J connectivity index is 2.78. The Hall–Kier alpha value is -1.11. The number of benzene rings is 1. The molecule has 0 saturated heterocycles. The molecule has 0 bridgehead atoms. The van der Waals surface area contributed by atoms with Gasteiger partial charge in [0.2, 0.25) is 0 Å². The number of hydrogen-bond acceptors (Lipinski definition) is 2. The molecule has 1 aromatic rings. The van der Waals surface area contributed by atoms with Crippen molar-refractivity contribution in [3.63, 3.8) is 0 Å².